The lowest BCUT2D eigenvalue weighted by Gasteiger charge is -2.17. The SMILES string of the molecule is COc1ccc(S(=O)(=O)N2CCCC2)cc1CCC(=O)Nc1ccc(NC(C)=O)cc1. The highest BCUT2D eigenvalue weighted by Crippen LogP contribution is 2.27. The summed E-state index contributed by atoms with van der Waals surface area (Å²) in [5.41, 5.74) is 1.92. The van der Waals surface area contributed by atoms with Gasteiger partial charge >= 0.3 is 0 Å². The third kappa shape index (κ3) is 5.83. The van der Waals surface area contributed by atoms with Crippen LogP contribution in [0.3, 0.4) is 0 Å². The highest BCUT2D eigenvalue weighted by Gasteiger charge is 2.27. The minimum absolute atomic E-state index is 0.164. The molecular formula is C22H27N3O5S. The molecule has 1 aliphatic heterocycles. The fraction of sp³-hybridized carbons (Fsp3) is 0.364. The van der Waals surface area contributed by atoms with E-state index in [2.05, 4.69) is 10.6 Å². The molecule has 0 aromatic heterocycles. The van der Waals surface area contributed by atoms with Crippen molar-refractivity contribution in [1.82, 2.24) is 4.31 Å². The summed E-state index contributed by atoms with van der Waals surface area (Å²) in [5, 5.41) is 5.46. The normalized spacial score (nSPS) is 14.3. The van der Waals surface area contributed by atoms with E-state index >= 15 is 0 Å². The second kappa shape index (κ2) is 9.93. The van der Waals surface area contributed by atoms with E-state index in [1.54, 1.807) is 42.5 Å². The van der Waals surface area contributed by atoms with Gasteiger partial charge in [-0.25, -0.2) is 8.42 Å². The summed E-state index contributed by atoms with van der Waals surface area (Å²) in [5.74, 6) is 0.176. The van der Waals surface area contributed by atoms with E-state index in [-0.39, 0.29) is 23.1 Å². The fourth-order valence-corrected chi connectivity index (χ4v) is 5.07. The van der Waals surface area contributed by atoms with Crippen LogP contribution in [-0.2, 0) is 26.0 Å². The lowest BCUT2D eigenvalue weighted by molar-refractivity contribution is -0.116. The van der Waals surface area contributed by atoms with Crippen LogP contribution in [-0.4, -0.2) is 44.7 Å². The molecule has 0 unspecified atom stereocenters. The Bertz CT molecular complexity index is 1050. The lowest BCUT2D eigenvalue weighted by Crippen LogP contribution is -2.28. The maximum atomic E-state index is 12.8. The minimum atomic E-state index is -3.54. The molecule has 3 rings (SSSR count). The van der Waals surface area contributed by atoms with Crippen LogP contribution in [0.15, 0.2) is 47.4 Å². The lowest BCUT2D eigenvalue weighted by atomic mass is 10.1. The third-order valence-corrected chi connectivity index (χ3v) is 6.96. The van der Waals surface area contributed by atoms with Gasteiger partial charge in [-0.05, 0) is 67.3 Å². The van der Waals surface area contributed by atoms with Crippen LogP contribution in [0.4, 0.5) is 11.4 Å². The summed E-state index contributed by atoms with van der Waals surface area (Å²) in [7, 11) is -2.02. The molecule has 1 saturated heterocycles. The molecule has 0 atom stereocenters. The van der Waals surface area contributed by atoms with Crippen molar-refractivity contribution in [1.29, 1.82) is 0 Å². The maximum absolute atomic E-state index is 12.8. The number of nitrogens with one attached hydrogen (secondary N) is 2. The molecule has 0 radical (unpaired) electrons. The van der Waals surface area contributed by atoms with E-state index in [1.165, 1.54) is 18.3 Å². The average Bonchev–Trinajstić information content (AvgIpc) is 3.29. The van der Waals surface area contributed by atoms with Gasteiger partial charge in [0.05, 0.1) is 12.0 Å². The molecule has 1 heterocycles. The number of anilines is 2. The van der Waals surface area contributed by atoms with Crippen LogP contribution >= 0.6 is 0 Å². The molecule has 9 heteroatoms. The van der Waals surface area contributed by atoms with Crippen LogP contribution in [0, 0.1) is 0 Å². The van der Waals surface area contributed by atoms with Crippen molar-refractivity contribution in [3.05, 3.63) is 48.0 Å². The Labute approximate surface area is 182 Å². The molecular weight excluding hydrogens is 418 g/mol. The quantitative estimate of drug-likeness (QED) is 0.650. The largest absolute Gasteiger partial charge is 0.496 e. The van der Waals surface area contributed by atoms with Crippen molar-refractivity contribution in [2.45, 2.75) is 37.5 Å². The Balaban J connectivity index is 1.66. The summed E-state index contributed by atoms with van der Waals surface area (Å²) in [6.07, 6.45) is 2.24. The molecule has 166 valence electrons. The molecule has 2 N–H and O–H groups in total. The summed E-state index contributed by atoms with van der Waals surface area (Å²) >= 11 is 0. The summed E-state index contributed by atoms with van der Waals surface area (Å²) < 4.78 is 32.5. The van der Waals surface area contributed by atoms with Gasteiger partial charge in [-0.15, -0.1) is 0 Å². The molecule has 0 spiro atoms. The van der Waals surface area contributed by atoms with Crippen LogP contribution in [0.5, 0.6) is 5.75 Å². The van der Waals surface area contributed by atoms with E-state index in [4.69, 9.17) is 4.74 Å². The number of methoxy groups -OCH3 is 1. The molecule has 0 aliphatic carbocycles. The van der Waals surface area contributed by atoms with E-state index in [0.717, 1.165) is 12.8 Å². The number of aryl methyl sites for hydroxylation is 1. The summed E-state index contributed by atoms with van der Waals surface area (Å²) in [4.78, 5) is 23.7. The third-order valence-electron chi connectivity index (χ3n) is 5.07. The van der Waals surface area contributed by atoms with Crippen LogP contribution in [0.2, 0.25) is 0 Å². The molecule has 8 nitrogen and oxygen atoms in total. The van der Waals surface area contributed by atoms with E-state index in [0.29, 0.717) is 42.2 Å². The number of amides is 2. The Morgan fingerprint density at radius 1 is 1.00 bits per heavy atom. The molecule has 2 aromatic carbocycles. The number of rotatable bonds is 8. The molecule has 1 aliphatic rings. The molecule has 2 amide bonds. The highest BCUT2D eigenvalue weighted by atomic mass is 32.2. The number of hydrogen-bond acceptors (Lipinski definition) is 5. The average molecular weight is 446 g/mol. The van der Waals surface area contributed by atoms with Gasteiger partial charge < -0.3 is 15.4 Å². The Morgan fingerprint density at radius 2 is 1.61 bits per heavy atom. The first-order chi connectivity index (χ1) is 14.8. The highest BCUT2D eigenvalue weighted by molar-refractivity contribution is 7.89. The van der Waals surface area contributed by atoms with Gasteiger partial charge in [-0.2, -0.15) is 4.31 Å². The van der Waals surface area contributed by atoms with Crippen molar-refractivity contribution < 1.29 is 22.7 Å². The van der Waals surface area contributed by atoms with Crippen molar-refractivity contribution >= 4 is 33.2 Å². The maximum Gasteiger partial charge on any atom is 0.243 e. The van der Waals surface area contributed by atoms with Crippen molar-refractivity contribution in [2.75, 3.05) is 30.8 Å². The number of hydrogen-bond donors (Lipinski definition) is 2. The number of nitrogens with zero attached hydrogens (tertiary/aromatic N) is 1. The fourth-order valence-electron chi connectivity index (χ4n) is 3.50. The predicted molar refractivity (Wildman–Crippen MR) is 119 cm³/mol. The van der Waals surface area contributed by atoms with E-state index in [1.807, 2.05) is 0 Å². The molecule has 0 saturated carbocycles. The molecule has 1 fully saturated rings. The Morgan fingerprint density at radius 3 is 2.19 bits per heavy atom. The molecule has 2 aromatic rings. The summed E-state index contributed by atoms with van der Waals surface area (Å²) in [6, 6.07) is 11.6. The van der Waals surface area contributed by atoms with Gasteiger partial charge in [0.15, 0.2) is 0 Å². The van der Waals surface area contributed by atoms with Crippen molar-refractivity contribution in [3.63, 3.8) is 0 Å². The van der Waals surface area contributed by atoms with Crippen LogP contribution < -0.4 is 15.4 Å². The van der Waals surface area contributed by atoms with Gasteiger partial charge in [0.1, 0.15) is 5.75 Å². The van der Waals surface area contributed by atoms with E-state index < -0.39 is 10.0 Å². The zero-order chi connectivity index (χ0) is 22.4. The van der Waals surface area contributed by atoms with Gasteiger partial charge in [0.2, 0.25) is 21.8 Å². The molecule has 0 bridgehead atoms. The number of benzene rings is 2. The van der Waals surface area contributed by atoms with Crippen LogP contribution in [0.1, 0.15) is 31.7 Å². The van der Waals surface area contributed by atoms with Gasteiger partial charge in [-0.1, -0.05) is 0 Å². The standard InChI is InChI=1S/C22H27N3O5S/c1-16(26)23-18-6-8-19(9-7-18)24-22(27)12-5-17-15-20(10-11-21(17)30-2)31(28,29)25-13-3-4-14-25/h6-11,15H,3-5,12-14H2,1-2H3,(H,23,26)(H,24,27). The second-order valence-electron chi connectivity index (χ2n) is 7.39. The summed E-state index contributed by atoms with van der Waals surface area (Å²) in [6.45, 7) is 2.50. The van der Waals surface area contributed by atoms with Crippen LogP contribution in [0.25, 0.3) is 0 Å². The number of sulfonamides is 1. The zero-order valence-electron chi connectivity index (χ0n) is 17.7. The first-order valence-electron chi connectivity index (χ1n) is 10.1. The van der Waals surface area contributed by atoms with E-state index in [9.17, 15) is 18.0 Å². The predicted octanol–water partition coefficient (Wildman–Crippen LogP) is 3.01. The number of carbonyl (C=O) groups is 2. The second-order valence-corrected chi connectivity index (χ2v) is 9.33. The number of carbonyl (C=O) groups excluding carboxylic acids is 2. The molecule has 31 heavy (non-hydrogen) atoms. The van der Waals surface area contributed by atoms with Gasteiger partial charge in [0, 0.05) is 37.8 Å². The topological polar surface area (TPSA) is 105 Å². The number of ether oxygens (including phenoxy) is 1. The Hall–Kier alpha value is -2.91. The van der Waals surface area contributed by atoms with Crippen molar-refractivity contribution in [3.8, 4) is 5.75 Å². The first-order valence-corrected chi connectivity index (χ1v) is 11.6. The smallest absolute Gasteiger partial charge is 0.243 e. The first kappa shape index (κ1) is 22.8. The zero-order valence-corrected chi connectivity index (χ0v) is 18.5. The van der Waals surface area contributed by atoms with Crippen molar-refractivity contribution in [2.24, 2.45) is 0 Å². The van der Waals surface area contributed by atoms with Gasteiger partial charge in [-0.3, -0.25) is 9.59 Å². The monoisotopic (exact) mass is 445 g/mol. The minimum Gasteiger partial charge on any atom is -0.496 e. The van der Waals surface area contributed by atoms with Gasteiger partial charge in [0.25, 0.3) is 0 Å². The Kier molecular flexibility index (Phi) is 7.29.